The van der Waals surface area contributed by atoms with Gasteiger partial charge >= 0.3 is 6.03 Å². The minimum Gasteiger partial charge on any atom is -0.493 e. The minimum atomic E-state index is -0.719. The molecule has 0 spiro atoms. The summed E-state index contributed by atoms with van der Waals surface area (Å²) in [5.74, 6) is -0.429. The van der Waals surface area contributed by atoms with Gasteiger partial charge in [-0.1, -0.05) is 34.1 Å². The van der Waals surface area contributed by atoms with Gasteiger partial charge in [0.2, 0.25) is 0 Å². The molecule has 0 atom stereocenters. The average Bonchev–Trinajstić information content (AvgIpc) is 2.79. The highest BCUT2D eigenvalue weighted by Gasteiger charge is 2.42. The maximum absolute atomic E-state index is 13.3. The van der Waals surface area contributed by atoms with E-state index in [0.29, 0.717) is 33.8 Å². The van der Waals surface area contributed by atoms with E-state index in [1.165, 1.54) is 20.3 Å². The van der Waals surface area contributed by atoms with Crippen LogP contribution in [0.2, 0.25) is 0 Å². The van der Waals surface area contributed by atoms with Gasteiger partial charge in [0, 0.05) is 11.6 Å². The fourth-order valence-electron chi connectivity index (χ4n) is 3.20. The lowest BCUT2D eigenvalue weighted by atomic mass is 10.0. The molecule has 1 fully saturated rings. The van der Waals surface area contributed by atoms with Gasteiger partial charge in [-0.15, -0.1) is 0 Å². The SMILES string of the molecule is CCOc1cc(Br)c(/C=C2/C(=O)N(CCOC)C(=O)N(c3ccccc3)C2=O)cc1OC. The molecule has 0 aromatic heterocycles. The molecule has 0 aliphatic carbocycles. The first-order valence-electron chi connectivity index (χ1n) is 9.89. The summed E-state index contributed by atoms with van der Waals surface area (Å²) in [6.45, 7) is 2.45. The van der Waals surface area contributed by atoms with Gasteiger partial charge in [-0.3, -0.25) is 14.5 Å². The first-order valence-corrected chi connectivity index (χ1v) is 10.7. The topological polar surface area (TPSA) is 85.4 Å². The van der Waals surface area contributed by atoms with E-state index in [1.54, 1.807) is 42.5 Å². The largest absolute Gasteiger partial charge is 0.493 e. The van der Waals surface area contributed by atoms with E-state index in [4.69, 9.17) is 14.2 Å². The summed E-state index contributed by atoms with van der Waals surface area (Å²) >= 11 is 3.46. The van der Waals surface area contributed by atoms with Crippen LogP contribution in [0.25, 0.3) is 6.08 Å². The molecule has 168 valence electrons. The summed E-state index contributed by atoms with van der Waals surface area (Å²) in [6.07, 6.45) is 1.44. The number of imide groups is 2. The molecule has 9 heteroatoms. The van der Waals surface area contributed by atoms with E-state index in [9.17, 15) is 14.4 Å². The van der Waals surface area contributed by atoms with Gasteiger partial charge in [0.1, 0.15) is 5.57 Å². The number of para-hydroxylation sites is 1. The number of urea groups is 1. The van der Waals surface area contributed by atoms with E-state index in [0.717, 1.165) is 9.80 Å². The van der Waals surface area contributed by atoms with Gasteiger partial charge in [-0.2, -0.15) is 0 Å². The second-order valence-electron chi connectivity index (χ2n) is 6.72. The normalized spacial score (nSPS) is 15.5. The van der Waals surface area contributed by atoms with Crippen LogP contribution in [0.15, 0.2) is 52.5 Å². The predicted octanol–water partition coefficient (Wildman–Crippen LogP) is 3.88. The molecule has 0 bridgehead atoms. The zero-order valence-electron chi connectivity index (χ0n) is 18.0. The summed E-state index contributed by atoms with van der Waals surface area (Å²) in [6, 6.07) is 11.1. The van der Waals surface area contributed by atoms with Gasteiger partial charge in [0.05, 0.1) is 32.6 Å². The molecule has 1 heterocycles. The van der Waals surface area contributed by atoms with Gasteiger partial charge in [0.25, 0.3) is 11.8 Å². The van der Waals surface area contributed by atoms with Crippen molar-refractivity contribution < 1.29 is 28.6 Å². The Balaban J connectivity index is 2.11. The van der Waals surface area contributed by atoms with Crippen molar-refractivity contribution >= 4 is 45.5 Å². The fraction of sp³-hybridized carbons (Fsp3) is 0.261. The monoisotopic (exact) mass is 502 g/mol. The van der Waals surface area contributed by atoms with Crippen LogP contribution in [0.5, 0.6) is 11.5 Å². The lowest BCUT2D eigenvalue weighted by molar-refractivity contribution is -0.129. The molecule has 0 saturated carbocycles. The molecule has 2 aromatic rings. The van der Waals surface area contributed by atoms with Crippen molar-refractivity contribution in [2.45, 2.75) is 6.92 Å². The quantitative estimate of drug-likeness (QED) is 0.402. The van der Waals surface area contributed by atoms with E-state index >= 15 is 0 Å². The lowest BCUT2D eigenvalue weighted by Gasteiger charge is -2.33. The number of halogens is 1. The third-order valence-electron chi connectivity index (χ3n) is 4.75. The van der Waals surface area contributed by atoms with Crippen LogP contribution in [0.1, 0.15) is 12.5 Å². The highest BCUT2D eigenvalue weighted by Crippen LogP contribution is 2.35. The van der Waals surface area contributed by atoms with Crippen LogP contribution in [0, 0.1) is 0 Å². The number of rotatable bonds is 8. The molecule has 2 aromatic carbocycles. The van der Waals surface area contributed by atoms with Crippen molar-refractivity contribution in [3.05, 3.63) is 58.1 Å². The van der Waals surface area contributed by atoms with Crippen molar-refractivity contribution in [3.8, 4) is 11.5 Å². The number of hydrogen-bond donors (Lipinski definition) is 0. The molecular formula is C23H23BrN2O6. The smallest absolute Gasteiger partial charge is 0.338 e. The number of hydrogen-bond acceptors (Lipinski definition) is 6. The lowest BCUT2D eigenvalue weighted by Crippen LogP contribution is -2.57. The van der Waals surface area contributed by atoms with Crippen molar-refractivity contribution in [2.75, 3.05) is 38.9 Å². The van der Waals surface area contributed by atoms with E-state index in [1.807, 2.05) is 6.92 Å². The number of nitrogens with zero attached hydrogens (tertiary/aromatic N) is 2. The first kappa shape index (κ1) is 23.5. The number of amides is 4. The number of methoxy groups -OCH3 is 2. The first-order chi connectivity index (χ1) is 15.4. The van der Waals surface area contributed by atoms with E-state index in [2.05, 4.69) is 15.9 Å². The van der Waals surface area contributed by atoms with Crippen LogP contribution < -0.4 is 14.4 Å². The summed E-state index contributed by atoms with van der Waals surface area (Å²) in [5.41, 5.74) is 0.735. The Kier molecular flexibility index (Phi) is 7.66. The third-order valence-corrected chi connectivity index (χ3v) is 5.43. The van der Waals surface area contributed by atoms with Gasteiger partial charge < -0.3 is 14.2 Å². The van der Waals surface area contributed by atoms with Gasteiger partial charge in [-0.25, -0.2) is 9.69 Å². The highest BCUT2D eigenvalue weighted by molar-refractivity contribution is 9.10. The van der Waals surface area contributed by atoms with Crippen LogP contribution in [-0.4, -0.2) is 56.7 Å². The second kappa shape index (κ2) is 10.4. The molecule has 1 saturated heterocycles. The Morgan fingerprint density at radius 3 is 2.34 bits per heavy atom. The molecule has 1 aliphatic heterocycles. The van der Waals surface area contributed by atoms with Crippen molar-refractivity contribution in [1.82, 2.24) is 4.90 Å². The Labute approximate surface area is 194 Å². The Hall–Kier alpha value is -3.17. The molecule has 0 radical (unpaired) electrons. The molecule has 4 amide bonds. The van der Waals surface area contributed by atoms with Crippen molar-refractivity contribution in [2.24, 2.45) is 0 Å². The van der Waals surface area contributed by atoms with Gasteiger partial charge in [0.15, 0.2) is 11.5 Å². The molecule has 0 unspecified atom stereocenters. The van der Waals surface area contributed by atoms with Crippen LogP contribution >= 0.6 is 15.9 Å². The number of benzene rings is 2. The number of carbonyl (C=O) groups is 3. The summed E-state index contributed by atoms with van der Waals surface area (Å²) in [4.78, 5) is 41.4. The molecule has 32 heavy (non-hydrogen) atoms. The van der Waals surface area contributed by atoms with Crippen molar-refractivity contribution in [1.29, 1.82) is 0 Å². The van der Waals surface area contributed by atoms with Crippen LogP contribution in [0.3, 0.4) is 0 Å². The molecule has 8 nitrogen and oxygen atoms in total. The maximum Gasteiger partial charge on any atom is 0.338 e. The summed E-state index contributed by atoms with van der Waals surface area (Å²) in [5, 5.41) is 0. The van der Waals surface area contributed by atoms with Crippen LogP contribution in [-0.2, 0) is 14.3 Å². The van der Waals surface area contributed by atoms with Gasteiger partial charge in [-0.05, 0) is 42.8 Å². The second-order valence-corrected chi connectivity index (χ2v) is 7.58. The molecular weight excluding hydrogens is 480 g/mol. The standard InChI is InChI=1S/C23H23BrN2O6/c1-4-32-20-14-18(24)15(13-19(20)31-3)12-17-21(27)25(10-11-30-2)23(29)26(22(17)28)16-8-6-5-7-9-16/h5-9,12-14H,4,10-11H2,1-3H3/b17-12-. The summed E-state index contributed by atoms with van der Waals surface area (Å²) < 4.78 is 16.6. The molecule has 0 N–H and O–H groups in total. The van der Waals surface area contributed by atoms with Crippen molar-refractivity contribution in [3.63, 3.8) is 0 Å². The average molecular weight is 503 g/mol. The van der Waals surface area contributed by atoms with E-state index in [-0.39, 0.29) is 18.7 Å². The number of anilines is 1. The summed E-state index contributed by atoms with van der Waals surface area (Å²) in [7, 11) is 2.97. The number of carbonyl (C=O) groups excluding carboxylic acids is 3. The van der Waals surface area contributed by atoms with Crippen LogP contribution in [0.4, 0.5) is 10.5 Å². The third kappa shape index (κ3) is 4.68. The minimum absolute atomic E-state index is 0.00981. The molecule has 3 rings (SSSR count). The fourth-order valence-corrected chi connectivity index (χ4v) is 3.64. The zero-order valence-corrected chi connectivity index (χ0v) is 19.5. The predicted molar refractivity (Wildman–Crippen MR) is 123 cm³/mol. The maximum atomic E-state index is 13.3. The Morgan fingerprint density at radius 1 is 1.00 bits per heavy atom. The highest BCUT2D eigenvalue weighted by atomic mass is 79.9. The Morgan fingerprint density at radius 2 is 1.72 bits per heavy atom. The Bertz CT molecular complexity index is 1050. The zero-order chi connectivity index (χ0) is 23.3. The number of barbiturate groups is 1. The molecule has 1 aliphatic rings. The van der Waals surface area contributed by atoms with E-state index < -0.39 is 17.8 Å². The number of ether oxygens (including phenoxy) is 3.